The first-order valence-electron chi connectivity index (χ1n) is 5.28. The third kappa shape index (κ3) is 2.36. The molecule has 3 heteroatoms. The molecule has 80 valence electrons. The Kier molecular flexibility index (Phi) is 2.73. The van der Waals surface area contributed by atoms with Gasteiger partial charge in [-0.25, -0.2) is 0 Å². The number of anilines is 1. The van der Waals surface area contributed by atoms with E-state index >= 15 is 0 Å². The second-order valence-corrected chi connectivity index (χ2v) is 4.29. The number of aryl methyl sites for hydroxylation is 1. The summed E-state index contributed by atoms with van der Waals surface area (Å²) in [7, 11) is 0. The van der Waals surface area contributed by atoms with Gasteiger partial charge in [0, 0.05) is 17.6 Å². The quantitative estimate of drug-likeness (QED) is 0.770. The van der Waals surface area contributed by atoms with Gasteiger partial charge in [0.25, 0.3) is 0 Å². The molecule has 1 amide bonds. The van der Waals surface area contributed by atoms with Gasteiger partial charge < -0.3 is 11.1 Å². The first-order chi connectivity index (χ1) is 7.15. The first-order valence-corrected chi connectivity index (χ1v) is 5.28. The number of hydrogen-bond donors (Lipinski definition) is 2. The zero-order valence-corrected chi connectivity index (χ0v) is 8.86. The molecule has 0 heterocycles. The smallest absolute Gasteiger partial charge is 0.227 e. The molecule has 3 N–H and O–H groups in total. The Morgan fingerprint density at radius 1 is 1.47 bits per heavy atom. The molecule has 0 atom stereocenters. The van der Waals surface area contributed by atoms with Gasteiger partial charge in [-0.1, -0.05) is 12.1 Å². The molecule has 0 spiro atoms. The summed E-state index contributed by atoms with van der Waals surface area (Å²) in [5.74, 6) is 0.211. The Morgan fingerprint density at radius 2 is 2.20 bits per heavy atom. The van der Waals surface area contributed by atoms with Crippen LogP contribution in [0.3, 0.4) is 0 Å². The highest BCUT2D eigenvalue weighted by atomic mass is 16.1. The van der Waals surface area contributed by atoms with Crippen molar-refractivity contribution < 1.29 is 4.79 Å². The molecule has 1 saturated carbocycles. The van der Waals surface area contributed by atoms with Gasteiger partial charge in [0.2, 0.25) is 5.91 Å². The van der Waals surface area contributed by atoms with Crippen LogP contribution in [0.4, 0.5) is 5.69 Å². The topological polar surface area (TPSA) is 55.1 Å². The van der Waals surface area contributed by atoms with Crippen LogP contribution in [0.5, 0.6) is 0 Å². The summed E-state index contributed by atoms with van der Waals surface area (Å²) >= 11 is 0. The van der Waals surface area contributed by atoms with Crippen molar-refractivity contribution in [1.29, 1.82) is 0 Å². The highest BCUT2D eigenvalue weighted by molar-refractivity contribution is 5.93. The Morgan fingerprint density at radius 3 is 2.80 bits per heavy atom. The van der Waals surface area contributed by atoms with Crippen LogP contribution in [-0.2, 0) is 4.79 Å². The van der Waals surface area contributed by atoms with Crippen molar-refractivity contribution in [2.75, 3.05) is 5.32 Å². The lowest BCUT2D eigenvalue weighted by atomic mass is 9.80. The van der Waals surface area contributed by atoms with E-state index in [9.17, 15) is 4.79 Å². The molecule has 15 heavy (non-hydrogen) atoms. The summed E-state index contributed by atoms with van der Waals surface area (Å²) in [6, 6.07) is 8.05. The molecule has 0 bridgehead atoms. The lowest BCUT2D eigenvalue weighted by molar-refractivity contribution is -0.122. The van der Waals surface area contributed by atoms with Crippen molar-refractivity contribution in [3.63, 3.8) is 0 Å². The molecule has 2 rings (SSSR count). The molecular formula is C12H16N2O. The van der Waals surface area contributed by atoms with Gasteiger partial charge in [-0.3, -0.25) is 4.79 Å². The van der Waals surface area contributed by atoms with Gasteiger partial charge >= 0.3 is 0 Å². The van der Waals surface area contributed by atoms with Gasteiger partial charge in [-0.05, 0) is 37.5 Å². The van der Waals surface area contributed by atoms with E-state index in [0.717, 1.165) is 24.1 Å². The van der Waals surface area contributed by atoms with Crippen molar-refractivity contribution in [2.24, 2.45) is 11.7 Å². The normalized spacial score (nSPS) is 24.4. The van der Waals surface area contributed by atoms with Crippen LogP contribution in [0.15, 0.2) is 24.3 Å². The molecule has 1 aromatic carbocycles. The van der Waals surface area contributed by atoms with Gasteiger partial charge in [0.05, 0.1) is 0 Å². The van der Waals surface area contributed by atoms with Gasteiger partial charge in [0.1, 0.15) is 0 Å². The molecule has 1 aromatic rings. The third-order valence-corrected chi connectivity index (χ3v) is 2.83. The Labute approximate surface area is 89.7 Å². The summed E-state index contributed by atoms with van der Waals surface area (Å²) in [5.41, 5.74) is 7.67. The maximum atomic E-state index is 11.7. The van der Waals surface area contributed by atoms with E-state index in [1.54, 1.807) is 0 Å². The SMILES string of the molecule is Cc1cccc(NC(=O)C2CC(N)C2)c1. The van der Waals surface area contributed by atoms with Crippen LogP contribution in [0.25, 0.3) is 0 Å². The molecule has 0 saturated heterocycles. The summed E-state index contributed by atoms with van der Waals surface area (Å²) in [4.78, 5) is 11.7. The molecule has 0 aromatic heterocycles. The fraction of sp³-hybridized carbons (Fsp3) is 0.417. The average molecular weight is 204 g/mol. The van der Waals surface area contributed by atoms with Crippen molar-refractivity contribution in [2.45, 2.75) is 25.8 Å². The number of rotatable bonds is 2. The van der Waals surface area contributed by atoms with Crippen LogP contribution < -0.4 is 11.1 Å². The van der Waals surface area contributed by atoms with Crippen LogP contribution in [0.2, 0.25) is 0 Å². The fourth-order valence-corrected chi connectivity index (χ4v) is 1.84. The minimum absolute atomic E-state index is 0.0994. The van der Waals surface area contributed by atoms with Crippen LogP contribution in [-0.4, -0.2) is 11.9 Å². The van der Waals surface area contributed by atoms with E-state index in [-0.39, 0.29) is 17.9 Å². The van der Waals surface area contributed by atoms with E-state index in [4.69, 9.17) is 5.73 Å². The number of amides is 1. The number of benzene rings is 1. The van der Waals surface area contributed by atoms with E-state index in [1.807, 2.05) is 31.2 Å². The first kappa shape index (κ1) is 10.2. The monoisotopic (exact) mass is 204 g/mol. The van der Waals surface area contributed by atoms with Crippen molar-refractivity contribution in [1.82, 2.24) is 0 Å². The lowest BCUT2D eigenvalue weighted by Gasteiger charge is -2.31. The standard InChI is InChI=1S/C12H16N2O/c1-8-3-2-4-11(5-8)14-12(15)9-6-10(13)7-9/h2-5,9-10H,6-7,13H2,1H3,(H,14,15). The fourth-order valence-electron chi connectivity index (χ4n) is 1.84. The second kappa shape index (κ2) is 4.03. The Bertz CT molecular complexity index is 370. The molecule has 0 radical (unpaired) electrons. The summed E-state index contributed by atoms with van der Waals surface area (Å²) in [5, 5.41) is 2.91. The van der Waals surface area contributed by atoms with E-state index < -0.39 is 0 Å². The highest BCUT2D eigenvalue weighted by Gasteiger charge is 2.31. The maximum absolute atomic E-state index is 11.7. The predicted octanol–water partition coefficient (Wildman–Crippen LogP) is 1.67. The van der Waals surface area contributed by atoms with Crippen LogP contribution in [0, 0.1) is 12.8 Å². The Balaban J connectivity index is 1.94. The summed E-state index contributed by atoms with van der Waals surface area (Å²) < 4.78 is 0. The van der Waals surface area contributed by atoms with Gasteiger partial charge in [0.15, 0.2) is 0 Å². The lowest BCUT2D eigenvalue weighted by Crippen LogP contribution is -2.42. The van der Waals surface area contributed by atoms with Crippen molar-refractivity contribution >= 4 is 11.6 Å². The van der Waals surface area contributed by atoms with E-state index in [2.05, 4.69) is 5.32 Å². The summed E-state index contributed by atoms with van der Waals surface area (Å²) in [6.07, 6.45) is 1.63. The largest absolute Gasteiger partial charge is 0.328 e. The molecular weight excluding hydrogens is 188 g/mol. The molecule has 1 fully saturated rings. The number of nitrogens with two attached hydrogens (primary N) is 1. The Hall–Kier alpha value is -1.35. The number of hydrogen-bond acceptors (Lipinski definition) is 2. The number of carbonyl (C=O) groups excluding carboxylic acids is 1. The van der Waals surface area contributed by atoms with Crippen molar-refractivity contribution in [3.05, 3.63) is 29.8 Å². The predicted molar refractivity (Wildman–Crippen MR) is 60.5 cm³/mol. The molecule has 1 aliphatic rings. The van der Waals surface area contributed by atoms with Gasteiger partial charge in [-0.2, -0.15) is 0 Å². The van der Waals surface area contributed by atoms with Crippen molar-refractivity contribution in [3.8, 4) is 0 Å². The third-order valence-electron chi connectivity index (χ3n) is 2.83. The zero-order chi connectivity index (χ0) is 10.8. The second-order valence-electron chi connectivity index (χ2n) is 4.29. The van der Waals surface area contributed by atoms with E-state index in [0.29, 0.717) is 0 Å². The van der Waals surface area contributed by atoms with E-state index in [1.165, 1.54) is 0 Å². The minimum Gasteiger partial charge on any atom is -0.328 e. The van der Waals surface area contributed by atoms with Crippen LogP contribution >= 0.6 is 0 Å². The molecule has 0 unspecified atom stereocenters. The molecule has 1 aliphatic carbocycles. The zero-order valence-electron chi connectivity index (χ0n) is 8.86. The highest BCUT2D eigenvalue weighted by Crippen LogP contribution is 2.26. The summed E-state index contributed by atoms with van der Waals surface area (Å²) in [6.45, 7) is 2.01. The number of nitrogens with one attached hydrogen (secondary N) is 1. The molecule has 3 nitrogen and oxygen atoms in total. The minimum atomic E-state index is 0.0994. The van der Waals surface area contributed by atoms with Crippen LogP contribution in [0.1, 0.15) is 18.4 Å². The average Bonchev–Trinajstić information content (AvgIpc) is 2.13. The van der Waals surface area contributed by atoms with Gasteiger partial charge in [-0.15, -0.1) is 0 Å². The molecule has 0 aliphatic heterocycles. The maximum Gasteiger partial charge on any atom is 0.227 e. The number of carbonyl (C=O) groups is 1.